The van der Waals surface area contributed by atoms with Gasteiger partial charge in [0.15, 0.2) is 8.30 Å². The van der Waals surface area contributed by atoms with Crippen LogP contribution in [0.1, 0.15) is 6.92 Å². The van der Waals surface area contributed by atoms with Crippen LogP contribution in [0.2, 0.25) is 0 Å². The van der Waals surface area contributed by atoms with Crippen LogP contribution in [-0.4, -0.2) is 6.16 Å². The molecule has 1 atom stereocenters. The Morgan fingerprint density at radius 1 is 1.45 bits per heavy atom. The van der Waals surface area contributed by atoms with E-state index in [1.54, 1.807) is 0 Å². The fourth-order valence-corrected chi connectivity index (χ4v) is 2.24. The van der Waals surface area contributed by atoms with E-state index in [9.17, 15) is 0 Å². The smallest absolute Gasteiger partial charge is 0.189 e. The van der Waals surface area contributed by atoms with Gasteiger partial charge in [-0.1, -0.05) is 19.1 Å². The van der Waals surface area contributed by atoms with E-state index in [0.717, 1.165) is 17.6 Å². The third-order valence-electron chi connectivity index (χ3n) is 1.63. The molecule has 0 amide bonds. The van der Waals surface area contributed by atoms with Gasteiger partial charge in [-0.15, -0.1) is 0 Å². The average Bonchev–Trinajstić information content (AvgIpc) is 2.46. The van der Waals surface area contributed by atoms with E-state index in [4.69, 9.17) is 4.52 Å². The summed E-state index contributed by atoms with van der Waals surface area (Å²) in [6.07, 6.45) is 1.06. The molecule has 0 aliphatic carbocycles. The highest BCUT2D eigenvalue weighted by Crippen LogP contribution is 2.48. The van der Waals surface area contributed by atoms with Crippen LogP contribution >= 0.6 is 8.30 Å². The molecule has 1 unspecified atom stereocenters. The Kier molecular flexibility index (Phi) is 1.71. The zero-order valence-corrected chi connectivity index (χ0v) is 7.27. The van der Waals surface area contributed by atoms with Crippen LogP contribution in [0, 0.1) is 0 Å². The van der Waals surface area contributed by atoms with Crippen LogP contribution in [0.5, 0.6) is 5.75 Å². The molecule has 1 aromatic carbocycles. The van der Waals surface area contributed by atoms with Crippen molar-refractivity contribution >= 4 is 14.0 Å². The second kappa shape index (κ2) is 2.71. The Labute approximate surface area is 67.5 Å². The van der Waals surface area contributed by atoms with Crippen LogP contribution in [0.3, 0.4) is 0 Å². The molecule has 0 bridgehead atoms. The summed E-state index contributed by atoms with van der Waals surface area (Å²) in [5.41, 5.74) is 1.14. The summed E-state index contributed by atoms with van der Waals surface area (Å²) in [4.78, 5) is 0. The first-order valence-corrected chi connectivity index (χ1v) is 5.16. The van der Waals surface area contributed by atoms with Gasteiger partial charge in [-0.25, -0.2) is 0 Å². The maximum absolute atomic E-state index is 5.61. The lowest BCUT2D eigenvalue weighted by Gasteiger charge is -2.04. The second-order valence-electron chi connectivity index (χ2n) is 2.39. The third-order valence-corrected chi connectivity index (χ3v) is 3.11. The number of fused-ring (bicyclic) bond motifs is 1. The summed E-state index contributed by atoms with van der Waals surface area (Å²) in [7, 11) is -0.420. The van der Waals surface area contributed by atoms with Gasteiger partial charge in [-0.05, 0) is 12.1 Å². The van der Waals surface area contributed by atoms with Gasteiger partial charge < -0.3 is 9.61 Å². The van der Waals surface area contributed by atoms with Crippen LogP contribution in [0.4, 0.5) is 5.69 Å². The maximum Gasteiger partial charge on any atom is 0.189 e. The van der Waals surface area contributed by atoms with Gasteiger partial charge in [0.1, 0.15) is 5.75 Å². The van der Waals surface area contributed by atoms with E-state index >= 15 is 0 Å². The Morgan fingerprint density at radius 3 is 3.00 bits per heavy atom. The van der Waals surface area contributed by atoms with Crippen LogP contribution < -0.4 is 9.61 Å². The molecular formula is C8H10NOP. The highest BCUT2D eigenvalue weighted by Gasteiger charge is 2.19. The van der Waals surface area contributed by atoms with Crippen molar-refractivity contribution in [3.05, 3.63) is 24.3 Å². The monoisotopic (exact) mass is 167 g/mol. The molecule has 2 nitrogen and oxygen atoms in total. The van der Waals surface area contributed by atoms with Crippen molar-refractivity contribution in [2.45, 2.75) is 6.92 Å². The molecule has 0 spiro atoms. The van der Waals surface area contributed by atoms with Gasteiger partial charge in [0, 0.05) is 6.16 Å². The van der Waals surface area contributed by atoms with Gasteiger partial charge in [0.05, 0.1) is 5.69 Å². The SMILES string of the molecule is CCP1Nc2ccccc2O1. The van der Waals surface area contributed by atoms with Gasteiger partial charge >= 0.3 is 0 Å². The quantitative estimate of drug-likeness (QED) is 0.649. The van der Waals surface area contributed by atoms with Crippen molar-refractivity contribution in [2.24, 2.45) is 0 Å². The molecule has 0 aromatic heterocycles. The lowest BCUT2D eigenvalue weighted by Crippen LogP contribution is -1.88. The van der Waals surface area contributed by atoms with Crippen molar-refractivity contribution < 1.29 is 4.52 Å². The number of rotatable bonds is 1. The normalized spacial score (nSPS) is 20.3. The molecule has 2 rings (SSSR count). The Bertz CT molecular complexity index is 239. The Morgan fingerprint density at radius 2 is 2.27 bits per heavy atom. The maximum atomic E-state index is 5.61. The number of hydrogen-bond donors (Lipinski definition) is 1. The minimum absolute atomic E-state index is 0.420. The molecule has 0 radical (unpaired) electrons. The van der Waals surface area contributed by atoms with Gasteiger partial charge in [0.2, 0.25) is 0 Å². The summed E-state index contributed by atoms with van der Waals surface area (Å²) >= 11 is 0. The zero-order valence-electron chi connectivity index (χ0n) is 6.37. The molecule has 3 heteroatoms. The van der Waals surface area contributed by atoms with Crippen LogP contribution in [-0.2, 0) is 0 Å². The summed E-state index contributed by atoms with van der Waals surface area (Å²) in [5, 5.41) is 3.33. The minimum atomic E-state index is -0.420. The van der Waals surface area contributed by atoms with E-state index in [0.29, 0.717) is 0 Å². The molecule has 1 aliphatic heterocycles. The van der Waals surface area contributed by atoms with E-state index in [1.165, 1.54) is 0 Å². The fourth-order valence-electron chi connectivity index (χ4n) is 1.06. The van der Waals surface area contributed by atoms with E-state index < -0.39 is 8.30 Å². The molecule has 0 fully saturated rings. The Hall–Kier alpha value is -0.750. The van der Waals surface area contributed by atoms with E-state index in [2.05, 4.69) is 12.0 Å². The lowest BCUT2D eigenvalue weighted by molar-refractivity contribution is 0.636. The molecule has 0 saturated heterocycles. The number of hydrogen-bond acceptors (Lipinski definition) is 2. The molecule has 58 valence electrons. The lowest BCUT2D eigenvalue weighted by atomic mass is 10.3. The average molecular weight is 167 g/mol. The zero-order chi connectivity index (χ0) is 7.68. The van der Waals surface area contributed by atoms with Crippen LogP contribution in [0.15, 0.2) is 24.3 Å². The number of para-hydroxylation sites is 2. The predicted octanol–water partition coefficient (Wildman–Crippen LogP) is 2.82. The summed E-state index contributed by atoms with van der Waals surface area (Å²) in [6.45, 7) is 2.13. The number of nitrogens with one attached hydrogen (secondary N) is 1. The standard InChI is InChI=1S/C8H10NOP/c1-2-11-9-7-5-3-4-6-8(7)10-11/h3-6,9H,2H2,1H3. The predicted molar refractivity (Wildman–Crippen MR) is 48.2 cm³/mol. The number of benzene rings is 1. The third kappa shape index (κ3) is 1.19. The fraction of sp³-hybridized carbons (Fsp3) is 0.250. The van der Waals surface area contributed by atoms with E-state index in [1.807, 2.05) is 24.3 Å². The summed E-state index contributed by atoms with van der Waals surface area (Å²) < 4.78 is 5.61. The first-order chi connectivity index (χ1) is 5.40. The van der Waals surface area contributed by atoms with Crippen molar-refractivity contribution in [2.75, 3.05) is 11.2 Å². The summed E-state index contributed by atoms with van der Waals surface area (Å²) in [5.74, 6) is 1.00. The molecule has 1 N–H and O–H groups in total. The molecule has 11 heavy (non-hydrogen) atoms. The topological polar surface area (TPSA) is 21.3 Å². The largest absolute Gasteiger partial charge is 0.451 e. The molecule has 1 aliphatic rings. The highest BCUT2D eigenvalue weighted by molar-refractivity contribution is 7.55. The van der Waals surface area contributed by atoms with Gasteiger partial charge in [0.25, 0.3) is 0 Å². The van der Waals surface area contributed by atoms with Crippen LogP contribution in [0.25, 0.3) is 0 Å². The summed E-state index contributed by atoms with van der Waals surface area (Å²) in [6, 6.07) is 8.06. The Balaban J connectivity index is 2.27. The van der Waals surface area contributed by atoms with Gasteiger partial charge in [-0.3, -0.25) is 0 Å². The first kappa shape index (κ1) is 6.93. The number of anilines is 1. The van der Waals surface area contributed by atoms with Crippen molar-refractivity contribution in [1.82, 2.24) is 0 Å². The first-order valence-electron chi connectivity index (χ1n) is 3.71. The van der Waals surface area contributed by atoms with Crippen molar-refractivity contribution in [3.8, 4) is 5.75 Å². The van der Waals surface area contributed by atoms with Crippen molar-refractivity contribution in [1.29, 1.82) is 0 Å². The molecule has 1 aromatic rings. The molecular weight excluding hydrogens is 157 g/mol. The highest BCUT2D eigenvalue weighted by atomic mass is 31.2. The molecule has 0 saturated carbocycles. The second-order valence-corrected chi connectivity index (χ2v) is 4.19. The minimum Gasteiger partial charge on any atom is -0.451 e. The molecule has 1 heterocycles. The van der Waals surface area contributed by atoms with E-state index in [-0.39, 0.29) is 0 Å². The van der Waals surface area contributed by atoms with Gasteiger partial charge in [-0.2, -0.15) is 0 Å². The van der Waals surface area contributed by atoms with Crippen molar-refractivity contribution in [3.63, 3.8) is 0 Å².